The van der Waals surface area contributed by atoms with E-state index in [-0.39, 0.29) is 6.04 Å². The van der Waals surface area contributed by atoms with E-state index in [0.29, 0.717) is 18.3 Å². The Morgan fingerprint density at radius 1 is 0.893 bits per heavy atom. The fourth-order valence-electron chi connectivity index (χ4n) is 6.31. The Kier molecular flexibility index (Phi) is 7.39. The molecule has 0 radical (unpaired) electrons. The predicted molar refractivity (Wildman–Crippen MR) is 109 cm³/mol. The number of hydrogen-bond donors (Lipinski definition) is 0. The number of hydrogen-bond acceptors (Lipinski definition) is 2. The highest BCUT2D eigenvalue weighted by Gasteiger charge is 2.47. The number of halogens is 3. The van der Waals surface area contributed by atoms with Crippen LogP contribution in [0.15, 0.2) is 0 Å². The lowest BCUT2D eigenvalue weighted by molar-refractivity contribution is -0.273. The summed E-state index contributed by atoms with van der Waals surface area (Å²) >= 11 is 0. The maximum absolute atomic E-state index is 13.4. The van der Waals surface area contributed by atoms with Crippen molar-refractivity contribution in [2.45, 2.75) is 110 Å². The summed E-state index contributed by atoms with van der Waals surface area (Å²) in [6.45, 7) is 9.23. The Balaban J connectivity index is 1.44. The second-order valence-electron chi connectivity index (χ2n) is 10.3. The molecule has 28 heavy (non-hydrogen) atoms. The van der Waals surface area contributed by atoms with Crippen LogP contribution in [0, 0.1) is 17.3 Å². The fraction of sp³-hybridized carbons (Fsp3) is 1.00. The van der Waals surface area contributed by atoms with E-state index in [1.165, 1.54) is 51.5 Å². The fourth-order valence-corrected chi connectivity index (χ4v) is 6.31. The molecule has 1 spiro atoms. The van der Waals surface area contributed by atoms with E-state index in [0.717, 1.165) is 42.7 Å². The molecular formula is C23H41F3N2. The monoisotopic (exact) mass is 402 g/mol. The summed E-state index contributed by atoms with van der Waals surface area (Å²) in [7, 11) is 0. The van der Waals surface area contributed by atoms with Crippen molar-refractivity contribution >= 4 is 0 Å². The third-order valence-electron chi connectivity index (χ3n) is 8.24. The van der Waals surface area contributed by atoms with Crippen LogP contribution in [0.1, 0.15) is 91.4 Å². The number of alkyl halides is 3. The predicted octanol–water partition coefficient (Wildman–Crippen LogP) is 6.46. The van der Waals surface area contributed by atoms with Crippen LogP contribution in [0.3, 0.4) is 0 Å². The van der Waals surface area contributed by atoms with Crippen molar-refractivity contribution in [2.24, 2.45) is 17.3 Å². The molecule has 2 aliphatic carbocycles. The molecule has 0 aromatic heterocycles. The average molecular weight is 403 g/mol. The molecule has 164 valence electrons. The summed E-state index contributed by atoms with van der Waals surface area (Å²) in [4.78, 5) is 3.46. The average Bonchev–Trinajstić information content (AvgIpc) is 2.65. The lowest BCUT2D eigenvalue weighted by atomic mass is 9.66. The minimum Gasteiger partial charge on any atom is -0.303 e. The summed E-state index contributed by atoms with van der Waals surface area (Å²) in [5.41, 5.74) is 0.321. The van der Waals surface area contributed by atoms with Crippen molar-refractivity contribution in [1.29, 1.82) is 0 Å². The maximum atomic E-state index is 13.4. The van der Waals surface area contributed by atoms with Gasteiger partial charge in [-0.3, -0.25) is 0 Å². The molecule has 1 saturated heterocycles. The van der Waals surface area contributed by atoms with E-state index in [9.17, 15) is 13.2 Å². The van der Waals surface area contributed by atoms with E-state index >= 15 is 0 Å². The summed E-state index contributed by atoms with van der Waals surface area (Å²) in [6, 6.07) is -0.791. The van der Waals surface area contributed by atoms with E-state index < -0.39 is 12.3 Å². The van der Waals surface area contributed by atoms with Gasteiger partial charge in [-0.05, 0) is 95.6 Å². The third-order valence-corrected chi connectivity index (χ3v) is 8.24. The molecule has 0 atom stereocenters. The Bertz CT molecular complexity index is 465. The zero-order valence-electron chi connectivity index (χ0n) is 18.2. The van der Waals surface area contributed by atoms with Gasteiger partial charge in [-0.1, -0.05) is 26.2 Å². The number of piperidine rings is 1. The van der Waals surface area contributed by atoms with Gasteiger partial charge in [0.2, 0.25) is 0 Å². The first kappa shape index (κ1) is 22.4. The molecule has 2 saturated carbocycles. The van der Waals surface area contributed by atoms with Crippen LogP contribution in [-0.2, 0) is 0 Å². The van der Waals surface area contributed by atoms with Crippen LogP contribution in [0.5, 0.6) is 0 Å². The molecule has 0 amide bonds. The molecule has 1 heterocycles. The minimum absolute atomic E-state index is 0.321. The van der Waals surface area contributed by atoms with Crippen molar-refractivity contribution in [1.82, 2.24) is 9.80 Å². The van der Waals surface area contributed by atoms with Gasteiger partial charge < -0.3 is 4.90 Å². The van der Waals surface area contributed by atoms with Gasteiger partial charge in [0.1, 0.15) is 0 Å². The summed E-state index contributed by atoms with van der Waals surface area (Å²) in [5.74, 6) is 1.83. The molecule has 1 aliphatic heterocycles. The van der Waals surface area contributed by atoms with E-state index in [4.69, 9.17) is 0 Å². The molecule has 0 bridgehead atoms. The smallest absolute Gasteiger partial charge is 0.303 e. The lowest BCUT2D eigenvalue weighted by Crippen LogP contribution is -2.53. The van der Waals surface area contributed by atoms with Gasteiger partial charge in [-0.15, -0.1) is 0 Å². The normalized spacial score (nSPS) is 30.4. The molecule has 0 N–H and O–H groups in total. The van der Waals surface area contributed by atoms with Gasteiger partial charge in [-0.25, -0.2) is 4.90 Å². The first-order valence-electron chi connectivity index (χ1n) is 11.8. The number of rotatable bonds is 5. The summed E-state index contributed by atoms with van der Waals surface area (Å²) in [5, 5.41) is 0. The van der Waals surface area contributed by atoms with E-state index in [2.05, 4.69) is 11.8 Å². The second-order valence-corrected chi connectivity index (χ2v) is 10.3. The molecule has 0 aromatic carbocycles. The zero-order valence-corrected chi connectivity index (χ0v) is 18.2. The third kappa shape index (κ3) is 5.44. The molecule has 3 fully saturated rings. The van der Waals surface area contributed by atoms with Crippen LogP contribution in [0.4, 0.5) is 13.2 Å². The van der Waals surface area contributed by atoms with Crippen molar-refractivity contribution in [3.05, 3.63) is 0 Å². The largest absolute Gasteiger partial charge is 0.460 e. The lowest BCUT2D eigenvalue weighted by Gasteiger charge is -2.49. The molecule has 0 aromatic rings. The Morgan fingerprint density at radius 3 is 1.89 bits per heavy atom. The van der Waals surface area contributed by atoms with Crippen LogP contribution >= 0.6 is 0 Å². The van der Waals surface area contributed by atoms with Crippen LogP contribution in [0.2, 0.25) is 0 Å². The Hall–Kier alpha value is -0.290. The quantitative estimate of drug-likeness (QED) is 0.487. The van der Waals surface area contributed by atoms with Gasteiger partial charge in [0.05, 0.1) is 0 Å². The molecule has 0 unspecified atom stereocenters. The van der Waals surface area contributed by atoms with Crippen molar-refractivity contribution in [3.8, 4) is 0 Å². The number of likely N-dealkylation sites (tertiary alicyclic amines) is 1. The highest BCUT2D eigenvalue weighted by molar-refractivity contribution is 4.94. The second kappa shape index (κ2) is 9.24. The van der Waals surface area contributed by atoms with Crippen LogP contribution in [0.25, 0.3) is 0 Å². The number of nitrogens with zero attached hydrogens (tertiary/aromatic N) is 2. The molecule has 3 aliphatic rings. The minimum atomic E-state index is -4.20. The van der Waals surface area contributed by atoms with Gasteiger partial charge in [-0.2, -0.15) is 13.2 Å². The van der Waals surface area contributed by atoms with Gasteiger partial charge in [0.15, 0.2) is 0 Å². The van der Waals surface area contributed by atoms with Crippen LogP contribution < -0.4 is 0 Å². The van der Waals surface area contributed by atoms with Crippen LogP contribution in [-0.4, -0.2) is 47.8 Å². The summed E-state index contributed by atoms with van der Waals surface area (Å²) in [6.07, 6.45) is 8.49. The van der Waals surface area contributed by atoms with Gasteiger partial charge in [0, 0.05) is 18.6 Å². The molecule has 5 heteroatoms. The topological polar surface area (TPSA) is 6.48 Å². The Labute approximate surface area is 170 Å². The summed E-state index contributed by atoms with van der Waals surface area (Å²) < 4.78 is 40.3. The molecule has 2 nitrogen and oxygen atoms in total. The zero-order chi connectivity index (χ0) is 20.4. The standard InChI is InChI=1S/C23H41F3N2/c1-4-19-5-7-20(8-6-19)17-27-15-13-22(14-16-27)11-9-21(10-12-22)28(18(2)3)23(24,25)26/h18-21H,4-17H2,1-3H3. The maximum Gasteiger partial charge on any atom is 0.460 e. The highest BCUT2D eigenvalue weighted by atomic mass is 19.4. The van der Waals surface area contributed by atoms with Crippen molar-refractivity contribution in [3.63, 3.8) is 0 Å². The van der Waals surface area contributed by atoms with Crippen molar-refractivity contribution in [2.75, 3.05) is 19.6 Å². The van der Waals surface area contributed by atoms with E-state index in [1.807, 2.05) is 0 Å². The SMILES string of the molecule is CCC1CCC(CN2CCC3(CCC(N(C(C)C)C(F)(F)F)CC3)CC2)CC1. The first-order valence-corrected chi connectivity index (χ1v) is 11.8. The molecular weight excluding hydrogens is 361 g/mol. The van der Waals surface area contributed by atoms with E-state index in [1.54, 1.807) is 13.8 Å². The highest BCUT2D eigenvalue weighted by Crippen LogP contribution is 2.47. The van der Waals surface area contributed by atoms with Gasteiger partial charge >= 0.3 is 6.30 Å². The molecule has 3 rings (SSSR count). The van der Waals surface area contributed by atoms with Gasteiger partial charge in [0.25, 0.3) is 0 Å². The van der Waals surface area contributed by atoms with Crippen molar-refractivity contribution < 1.29 is 13.2 Å². The first-order chi connectivity index (χ1) is 13.2. The Morgan fingerprint density at radius 2 is 1.43 bits per heavy atom.